The van der Waals surface area contributed by atoms with Crippen molar-refractivity contribution in [2.75, 3.05) is 31.6 Å². The van der Waals surface area contributed by atoms with Gasteiger partial charge in [0, 0.05) is 44.0 Å². The lowest BCUT2D eigenvalue weighted by molar-refractivity contribution is -0.138. The first-order chi connectivity index (χ1) is 10.3. The molecule has 5 nitrogen and oxygen atoms in total. The number of piperidine rings is 1. The van der Waals surface area contributed by atoms with Gasteiger partial charge in [0.1, 0.15) is 0 Å². The van der Waals surface area contributed by atoms with Crippen LogP contribution in [0, 0.1) is 18.3 Å². The first-order valence-electron chi connectivity index (χ1n) is 8.07. The normalized spacial score (nSPS) is 16.7. The molecule has 1 aliphatic heterocycles. The van der Waals surface area contributed by atoms with E-state index in [9.17, 15) is 4.79 Å². The quantitative estimate of drug-likeness (QED) is 0.861. The van der Waals surface area contributed by atoms with Crippen molar-refractivity contribution >= 4 is 11.9 Å². The van der Waals surface area contributed by atoms with Crippen LogP contribution in [0.5, 0.6) is 0 Å². The second-order valence-corrected chi connectivity index (χ2v) is 7.36. The van der Waals surface area contributed by atoms with E-state index in [0.717, 1.165) is 44.1 Å². The molecule has 2 rings (SSSR count). The van der Waals surface area contributed by atoms with E-state index in [1.807, 2.05) is 51.9 Å². The summed E-state index contributed by atoms with van der Waals surface area (Å²) in [6, 6.07) is 1.92. The highest BCUT2D eigenvalue weighted by Gasteiger charge is 2.28. The van der Waals surface area contributed by atoms with Crippen LogP contribution in [0.15, 0.2) is 12.3 Å². The van der Waals surface area contributed by atoms with Gasteiger partial charge in [-0.05, 0) is 31.7 Å². The van der Waals surface area contributed by atoms with Crippen LogP contribution in [0.3, 0.4) is 0 Å². The fourth-order valence-electron chi connectivity index (χ4n) is 2.95. The molecule has 22 heavy (non-hydrogen) atoms. The van der Waals surface area contributed by atoms with Gasteiger partial charge in [-0.15, -0.1) is 0 Å². The van der Waals surface area contributed by atoms with Gasteiger partial charge in [-0.2, -0.15) is 0 Å². The van der Waals surface area contributed by atoms with Gasteiger partial charge in [-0.1, -0.05) is 20.8 Å². The van der Waals surface area contributed by atoms with Gasteiger partial charge >= 0.3 is 0 Å². The third-order valence-corrected chi connectivity index (χ3v) is 4.20. The number of amides is 1. The van der Waals surface area contributed by atoms with Gasteiger partial charge in [0.25, 0.3) is 0 Å². The Morgan fingerprint density at radius 2 is 2.00 bits per heavy atom. The monoisotopic (exact) mass is 304 g/mol. The summed E-state index contributed by atoms with van der Waals surface area (Å²) in [5.41, 5.74) is 0.702. The molecule has 1 aliphatic rings. The third-order valence-electron chi connectivity index (χ3n) is 4.20. The van der Waals surface area contributed by atoms with Crippen LogP contribution in [0.25, 0.3) is 0 Å². The molecular formula is C17H28N4O. The number of carbonyl (C=O) groups excluding carboxylic acids is 1. The minimum absolute atomic E-state index is 0.219. The summed E-state index contributed by atoms with van der Waals surface area (Å²) < 4.78 is 0. The summed E-state index contributed by atoms with van der Waals surface area (Å²) in [6.07, 6.45) is 3.98. The molecule has 1 amide bonds. The van der Waals surface area contributed by atoms with Crippen LogP contribution in [-0.2, 0) is 4.79 Å². The van der Waals surface area contributed by atoms with Crippen molar-refractivity contribution in [2.45, 2.75) is 40.5 Å². The van der Waals surface area contributed by atoms with Gasteiger partial charge < -0.3 is 9.80 Å². The lowest BCUT2D eigenvalue weighted by Gasteiger charge is -2.35. The Balaban J connectivity index is 1.86. The molecule has 5 heteroatoms. The highest BCUT2D eigenvalue weighted by molar-refractivity contribution is 5.81. The highest BCUT2D eigenvalue weighted by atomic mass is 16.2. The standard InChI is InChI=1S/C17H28N4O/c1-13-6-9-18-16(19-13)21-10-7-14(8-11-21)12-20(5)15(22)17(2,3)4/h6,9,14H,7-8,10-12H2,1-5H3. The molecular weight excluding hydrogens is 276 g/mol. The molecule has 0 aromatic carbocycles. The number of hydrogen-bond donors (Lipinski definition) is 0. The Hall–Kier alpha value is -1.65. The van der Waals surface area contributed by atoms with Crippen molar-refractivity contribution in [3.8, 4) is 0 Å². The fraction of sp³-hybridized carbons (Fsp3) is 0.706. The second kappa shape index (κ2) is 6.63. The molecule has 1 fully saturated rings. The molecule has 0 atom stereocenters. The van der Waals surface area contributed by atoms with E-state index in [0.29, 0.717) is 5.92 Å². The molecule has 1 saturated heterocycles. The van der Waals surface area contributed by atoms with Crippen LogP contribution in [0.1, 0.15) is 39.3 Å². The minimum Gasteiger partial charge on any atom is -0.345 e. The number of anilines is 1. The van der Waals surface area contributed by atoms with E-state index in [-0.39, 0.29) is 11.3 Å². The van der Waals surface area contributed by atoms with Crippen LogP contribution >= 0.6 is 0 Å². The molecule has 0 aliphatic carbocycles. The summed E-state index contributed by atoms with van der Waals surface area (Å²) in [5, 5.41) is 0. The SMILES string of the molecule is Cc1ccnc(N2CCC(CN(C)C(=O)C(C)(C)C)CC2)n1. The van der Waals surface area contributed by atoms with Gasteiger partial charge in [-0.25, -0.2) is 9.97 Å². The largest absolute Gasteiger partial charge is 0.345 e. The van der Waals surface area contributed by atoms with E-state index < -0.39 is 0 Å². The molecule has 0 N–H and O–H groups in total. The number of nitrogens with zero attached hydrogens (tertiary/aromatic N) is 4. The fourth-order valence-corrected chi connectivity index (χ4v) is 2.95. The molecule has 0 unspecified atom stereocenters. The highest BCUT2D eigenvalue weighted by Crippen LogP contribution is 2.23. The van der Waals surface area contributed by atoms with E-state index in [1.165, 1.54) is 0 Å². The summed E-state index contributed by atoms with van der Waals surface area (Å²) in [5.74, 6) is 1.62. The minimum atomic E-state index is -0.301. The molecule has 1 aromatic rings. The van der Waals surface area contributed by atoms with E-state index in [2.05, 4.69) is 14.9 Å². The van der Waals surface area contributed by atoms with Crippen molar-refractivity contribution in [3.63, 3.8) is 0 Å². The number of rotatable bonds is 3. The summed E-state index contributed by atoms with van der Waals surface area (Å²) in [6.45, 7) is 10.7. The number of aromatic nitrogens is 2. The second-order valence-electron chi connectivity index (χ2n) is 7.36. The molecule has 122 valence electrons. The van der Waals surface area contributed by atoms with Crippen molar-refractivity contribution in [3.05, 3.63) is 18.0 Å². The molecule has 2 heterocycles. The average molecular weight is 304 g/mol. The number of hydrogen-bond acceptors (Lipinski definition) is 4. The molecule has 1 aromatic heterocycles. The maximum atomic E-state index is 12.3. The maximum absolute atomic E-state index is 12.3. The van der Waals surface area contributed by atoms with Crippen molar-refractivity contribution in [1.29, 1.82) is 0 Å². The van der Waals surface area contributed by atoms with Crippen molar-refractivity contribution < 1.29 is 4.79 Å². The Kier molecular flexibility index (Phi) is 5.04. The molecule has 0 radical (unpaired) electrons. The lowest BCUT2D eigenvalue weighted by Crippen LogP contribution is -2.43. The Morgan fingerprint density at radius 3 is 2.55 bits per heavy atom. The average Bonchev–Trinajstić information content (AvgIpc) is 2.46. The maximum Gasteiger partial charge on any atom is 0.227 e. The van der Waals surface area contributed by atoms with Gasteiger partial charge in [-0.3, -0.25) is 4.79 Å². The molecule has 0 saturated carbocycles. The van der Waals surface area contributed by atoms with Crippen LogP contribution < -0.4 is 4.90 Å². The van der Waals surface area contributed by atoms with Gasteiger partial charge in [0.2, 0.25) is 11.9 Å². The summed E-state index contributed by atoms with van der Waals surface area (Å²) in [7, 11) is 1.92. The van der Waals surface area contributed by atoms with E-state index >= 15 is 0 Å². The third kappa shape index (κ3) is 4.18. The van der Waals surface area contributed by atoms with Crippen LogP contribution in [-0.4, -0.2) is 47.5 Å². The first-order valence-corrected chi connectivity index (χ1v) is 8.07. The lowest BCUT2D eigenvalue weighted by atomic mass is 9.92. The Labute approximate surface area is 133 Å². The predicted octanol–water partition coefficient (Wildman–Crippen LogP) is 2.51. The van der Waals surface area contributed by atoms with Crippen LogP contribution in [0.4, 0.5) is 5.95 Å². The van der Waals surface area contributed by atoms with E-state index in [4.69, 9.17) is 0 Å². The summed E-state index contributed by atoms with van der Waals surface area (Å²) >= 11 is 0. The van der Waals surface area contributed by atoms with Gasteiger partial charge in [0.05, 0.1) is 0 Å². The zero-order chi connectivity index (χ0) is 16.3. The van der Waals surface area contributed by atoms with Gasteiger partial charge in [0.15, 0.2) is 0 Å². The topological polar surface area (TPSA) is 49.3 Å². The molecule has 0 bridgehead atoms. The number of aryl methyl sites for hydroxylation is 1. The van der Waals surface area contributed by atoms with Crippen molar-refractivity contribution in [2.24, 2.45) is 11.3 Å². The summed E-state index contributed by atoms with van der Waals surface area (Å²) in [4.78, 5) is 25.2. The first kappa shape index (κ1) is 16.7. The number of carbonyl (C=O) groups is 1. The van der Waals surface area contributed by atoms with Crippen molar-refractivity contribution in [1.82, 2.24) is 14.9 Å². The molecule has 0 spiro atoms. The Bertz CT molecular complexity index is 516. The van der Waals surface area contributed by atoms with Crippen LogP contribution in [0.2, 0.25) is 0 Å². The Morgan fingerprint density at radius 1 is 1.36 bits per heavy atom. The predicted molar refractivity (Wildman–Crippen MR) is 88.8 cm³/mol. The zero-order valence-corrected chi connectivity index (χ0v) is 14.5. The smallest absolute Gasteiger partial charge is 0.227 e. The zero-order valence-electron chi connectivity index (χ0n) is 14.5. The van der Waals surface area contributed by atoms with E-state index in [1.54, 1.807) is 0 Å².